The van der Waals surface area contributed by atoms with Gasteiger partial charge in [-0.25, -0.2) is 4.39 Å². The number of nitrogens with zero attached hydrogens (tertiary/aromatic N) is 3. The minimum atomic E-state index is -0.233. The van der Waals surface area contributed by atoms with Crippen molar-refractivity contribution < 1.29 is 4.39 Å². The van der Waals surface area contributed by atoms with Crippen LogP contribution in [0.3, 0.4) is 0 Å². The molecule has 0 bridgehead atoms. The summed E-state index contributed by atoms with van der Waals surface area (Å²) in [7, 11) is 1.72. The third kappa shape index (κ3) is 0.958. The number of rotatable bonds is 0. The van der Waals surface area contributed by atoms with Crippen LogP contribution in [0.1, 0.15) is 5.56 Å². The average Bonchev–Trinajstić information content (AvgIpc) is 2.30. The van der Waals surface area contributed by atoms with Crippen molar-refractivity contribution in [2.24, 2.45) is 7.05 Å². The Bertz CT molecular complexity index is 394. The summed E-state index contributed by atoms with van der Waals surface area (Å²) in [4.78, 5) is 1.43. The van der Waals surface area contributed by atoms with Crippen LogP contribution in [-0.2, 0) is 7.05 Å². The van der Waals surface area contributed by atoms with Crippen LogP contribution in [0.4, 0.5) is 4.39 Å². The lowest BCUT2D eigenvalue weighted by Crippen LogP contribution is -1.90. The first-order chi connectivity index (χ1) is 5.66. The lowest BCUT2D eigenvalue weighted by Gasteiger charge is -1.92. The molecule has 1 aromatic carbocycles. The van der Waals surface area contributed by atoms with Gasteiger partial charge in [0.1, 0.15) is 16.9 Å². The van der Waals surface area contributed by atoms with Gasteiger partial charge in [-0.1, -0.05) is 0 Å². The number of benzene rings is 1. The first kappa shape index (κ1) is 7.21. The molecule has 0 saturated heterocycles. The van der Waals surface area contributed by atoms with E-state index >= 15 is 0 Å². The summed E-state index contributed by atoms with van der Waals surface area (Å²) >= 11 is 0. The number of aryl methyl sites for hydroxylation is 2. The highest BCUT2D eigenvalue weighted by atomic mass is 19.1. The van der Waals surface area contributed by atoms with Gasteiger partial charge >= 0.3 is 0 Å². The van der Waals surface area contributed by atoms with Crippen molar-refractivity contribution in [3.05, 3.63) is 23.5 Å². The largest absolute Gasteiger partial charge is 0.207 e. The molecule has 0 unspecified atom stereocenters. The van der Waals surface area contributed by atoms with E-state index in [1.165, 1.54) is 10.9 Å². The van der Waals surface area contributed by atoms with Crippen LogP contribution in [0.5, 0.6) is 0 Å². The van der Waals surface area contributed by atoms with Crippen molar-refractivity contribution in [3.63, 3.8) is 0 Å². The van der Waals surface area contributed by atoms with Gasteiger partial charge in [0.15, 0.2) is 0 Å². The van der Waals surface area contributed by atoms with Crippen molar-refractivity contribution in [1.82, 2.24) is 15.0 Å². The molecule has 1 heterocycles. The quantitative estimate of drug-likeness (QED) is 0.591. The number of halogens is 1. The summed E-state index contributed by atoms with van der Waals surface area (Å²) in [5.41, 5.74) is 1.93. The third-order valence-electron chi connectivity index (χ3n) is 1.76. The summed E-state index contributed by atoms with van der Waals surface area (Å²) in [5.74, 6) is -0.233. The van der Waals surface area contributed by atoms with Gasteiger partial charge in [-0.2, -0.15) is 15.0 Å². The molecule has 2 rings (SSSR count). The molecule has 4 heteroatoms. The zero-order chi connectivity index (χ0) is 8.72. The Morgan fingerprint density at radius 3 is 2.50 bits per heavy atom. The molecule has 1 aromatic heterocycles. The van der Waals surface area contributed by atoms with Crippen LogP contribution in [-0.4, -0.2) is 15.0 Å². The molecule has 0 fully saturated rings. The Labute approximate surface area is 68.8 Å². The summed E-state index contributed by atoms with van der Waals surface area (Å²) in [6.45, 7) is 1.71. The van der Waals surface area contributed by atoms with Crippen LogP contribution in [0.25, 0.3) is 11.0 Å². The maximum absolute atomic E-state index is 13.0. The minimum absolute atomic E-state index is 0.233. The van der Waals surface area contributed by atoms with Crippen molar-refractivity contribution >= 4 is 11.0 Å². The van der Waals surface area contributed by atoms with Crippen molar-refractivity contribution in [2.75, 3.05) is 0 Å². The predicted molar refractivity (Wildman–Crippen MR) is 43.2 cm³/mol. The second kappa shape index (κ2) is 2.27. The maximum atomic E-state index is 13.0. The second-order valence-electron chi connectivity index (χ2n) is 2.78. The Hall–Kier alpha value is -1.45. The molecule has 0 aliphatic heterocycles. The van der Waals surface area contributed by atoms with E-state index in [2.05, 4.69) is 10.2 Å². The molecule has 2 aromatic rings. The van der Waals surface area contributed by atoms with Crippen LogP contribution < -0.4 is 0 Å². The second-order valence-corrected chi connectivity index (χ2v) is 2.78. The standard InChI is InChI=1S/C8H8FN3/c1-5-3-7-8(4-6(5)9)11-12(2)10-7/h3-4H,1-2H3. The lowest BCUT2D eigenvalue weighted by atomic mass is 10.2. The van der Waals surface area contributed by atoms with E-state index in [0.29, 0.717) is 11.1 Å². The van der Waals surface area contributed by atoms with Gasteiger partial charge in [-0.15, -0.1) is 0 Å². The number of hydrogen-bond donors (Lipinski definition) is 0. The molecular weight excluding hydrogens is 157 g/mol. The molecule has 0 radical (unpaired) electrons. The summed E-state index contributed by atoms with van der Waals surface area (Å²) in [5, 5.41) is 8.03. The van der Waals surface area contributed by atoms with Gasteiger partial charge in [-0.3, -0.25) is 0 Å². The average molecular weight is 165 g/mol. The van der Waals surface area contributed by atoms with E-state index in [1.54, 1.807) is 20.0 Å². The van der Waals surface area contributed by atoms with E-state index in [9.17, 15) is 4.39 Å². The molecule has 62 valence electrons. The molecule has 0 atom stereocenters. The van der Waals surface area contributed by atoms with E-state index in [1.807, 2.05) is 0 Å². The van der Waals surface area contributed by atoms with E-state index in [0.717, 1.165) is 5.52 Å². The smallest absolute Gasteiger partial charge is 0.128 e. The summed E-state index contributed by atoms with van der Waals surface area (Å²) in [6.07, 6.45) is 0. The summed E-state index contributed by atoms with van der Waals surface area (Å²) < 4.78 is 13.0. The highest BCUT2D eigenvalue weighted by molar-refractivity contribution is 5.74. The first-order valence-electron chi connectivity index (χ1n) is 3.64. The van der Waals surface area contributed by atoms with E-state index < -0.39 is 0 Å². The van der Waals surface area contributed by atoms with E-state index in [4.69, 9.17) is 0 Å². The molecular formula is C8H8FN3. The minimum Gasteiger partial charge on any atom is -0.207 e. The van der Waals surface area contributed by atoms with Gasteiger partial charge in [0, 0.05) is 13.1 Å². The number of hydrogen-bond acceptors (Lipinski definition) is 2. The highest BCUT2D eigenvalue weighted by Crippen LogP contribution is 2.14. The molecule has 12 heavy (non-hydrogen) atoms. The maximum Gasteiger partial charge on any atom is 0.128 e. The fraction of sp³-hybridized carbons (Fsp3) is 0.250. The van der Waals surface area contributed by atoms with Crippen LogP contribution in [0.2, 0.25) is 0 Å². The van der Waals surface area contributed by atoms with Gasteiger partial charge < -0.3 is 0 Å². The third-order valence-corrected chi connectivity index (χ3v) is 1.76. The van der Waals surface area contributed by atoms with Crippen molar-refractivity contribution in [3.8, 4) is 0 Å². The summed E-state index contributed by atoms with van der Waals surface area (Å²) in [6, 6.07) is 3.09. The molecule has 0 spiro atoms. The molecule has 3 nitrogen and oxygen atoms in total. The molecule has 0 N–H and O–H groups in total. The normalized spacial score (nSPS) is 10.9. The van der Waals surface area contributed by atoms with Crippen LogP contribution in [0.15, 0.2) is 12.1 Å². The predicted octanol–water partition coefficient (Wildman–Crippen LogP) is 1.42. The Morgan fingerprint density at radius 1 is 1.25 bits per heavy atom. The van der Waals surface area contributed by atoms with E-state index in [-0.39, 0.29) is 5.82 Å². The number of fused-ring (bicyclic) bond motifs is 1. The Kier molecular flexibility index (Phi) is 1.36. The van der Waals surface area contributed by atoms with Gasteiger partial charge in [0.25, 0.3) is 0 Å². The van der Waals surface area contributed by atoms with Crippen LogP contribution in [0, 0.1) is 12.7 Å². The van der Waals surface area contributed by atoms with Gasteiger partial charge in [0.05, 0.1) is 0 Å². The fourth-order valence-corrected chi connectivity index (χ4v) is 1.15. The topological polar surface area (TPSA) is 30.7 Å². The lowest BCUT2D eigenvalue weighted by molar-refractivity contribution is 0.620. The SMILES string of the molecule is Cc1cc2nn(C)nc2cc1F. The van der Waals surface area contributed by atoms with Crippen LogP contribution >= 0.6 is 0 Å². The molecule has 0 amide bonds. The fourth-order valence-electron chi connectivity index (χ4n) is 1.15. The highest BCUT2D eigenvalue weighted by Gasteiger charge is 2.04. The zero-order valence-corrected chi connectivity index (χ0v) is 6.87. The molecule has 0 saturated carbocycles. The Balaban J connectivity index is 2.83. The number of aromatic nitrogens is 3. The first-order valence-corrected chi connectivity index (χ1v) is 3.64. The van der Waals surface area contributed by atoms with Gasteiger partial charge in [0.2, 0.25) is 0 Å². The Morgan fingerprint density at radius 2 is 1.83 bits per heavy atom. The van der Waals surface area contributed by atoms with Crippen molar-refractivity contribution in [1.29, 1.82) is 0 Å². The molecule has 0 aliphatic carbocycles. The van der Waals surface area contributed by atoms with Crippen molar-refractivity contribution in [2.45, 2.75) is 6.92 Å². The molecule has 0 aliphatic rings. The van der Waals surface area contributed by atoms with Gasteiger partial charge in [-0.05, 0) is 18.6 Å². The monoisotopic (exact) mass is 165 g/mol. The zero-order valence-electron chi connectivity index (χ0n) is 6.87.